The normalized spacial score (nSPS) is 12.8. The summed E-state index contributed by atoms with van der Waals surface area (Å²) in [6, 6.07) is 0.0957. The fourth-order valence-corrected chi connectivity index (χ4v) is 3.59. The van der Waals surface area contributed by atoms with Gasteiger partial charge in [-0.25, -0.2) is 0 Å². The summed E-state index contributed by atoms with van der Waals surface area (Å²) in [6.45, 7) is 8.18. The number of rotatable bonds is 7. The van der Waals surface area contributed by atoms with Gasteiger partial charge in [-0.1, -0.05) is 25.3 Å². The Morgan fingerprint density at radius 1 is 1.40 bits per heavy atom. The first-order valence-corrected chi connectivity index (χ1v) is 8.55. The van der Waals surface area contributed by atoms with Crippen LogP contribution in [0.15, 0.2) is 10.7 Å². The highest BCUT2D eigenvalue weighted by Gasteiger charge is 2.25. The molecule has 1 N–H and O–H groups in total. The summed E-state index contributed by atoms with van der Waals surface area (Å²) in [4.78, 5) is 1.19. The SMILES string of the molecule is CCCn1ncc(Br)c1C(NCC)c1snnc1CC. The lowest BCUT2D eigenvalue weighted by molar-refractivity contribution is 0.520. The average Bonchev–Trinajstić information content (AvgIpc) is 3.04. The molecule has 5 nitrogen and oxygen atoms in total. The standard InChI is InChI=1S/C13H20BrN5S/c1-4-7-19-12(9(14)8-16-19)11(15-6-3)13-10(5-2)17-18-20-13/h8,11,15H,4-7H2,1-3H3. The van der Waals surface area contributed by atoms with Gasteiger partial charge in [-0.15, -0.1) is 5.10 Å². The zero-order chi connectivity index (χ0) is 14.5. The van der Waals surface area contributed by atoms with Crippen LogP contribution in [0, 0.1) is 0 Å². The maximum atomic E-state index is 4.47. The van der Waals surface area contributed by atoms with Gasteiger partial charge in [0.2, 0.25) is 0 Å². The van der Waals surface area contributed by atoms with Gasteiger partial charge in [0.1, 0.15) is 0 Å². The molecule has 110 valence electrons. The lowest BCUT2D eigenvalue weighted by Crippen LogP contribution is -2.25. The molecule has 1 unspecified atom stereocenters. The van der Waals surface area contributed by atoms with E-state index >= 15 is 0 Å². The number of hydrogen-bond acceptors (Lipinski definition) is 5. The molecular formula is C13H20BrN5S. The van der Waals surface area contributed by atoms with E-state index in [2.05, 4.69) is 61.4 Å². The van der Waals surface area contributed by atoms with E-state index in [1.54, 1.807) is 0 Å². The highest BCUT2D eigenvalue weighted by atomic mass is 79.9. The van der Waals surface area contributed by atoms with Gasteiger partial charge in [-0.2, -0.15) is 5.10 Å². The number of aryl methyl sites for hydroxylation is 2. The topological polar surface area (TPSA) is 55.6 Å². The Morgan fingerprint density at radius 3 is 2.85 bits per heavy atom. The molecule has 2 aromatic rings. The third-order valence-corrected chi connectivity index (χ3v) is 4.57. The molecule has 0 saturated heterocycles. The number of nitrogens with zero attached hydrogens (tertiary/aromatic N) is 4. The first-order chi connectivity index (χ1) is 9.72. The molecule has 2 rings (SSSR count). The molecule has 1 atom stereocenters. The lowest BCUT2D eigenvalue weighted by atomic mass is 10.1. The van der Waals surface area contributed by atoms with E-state index in [0.29, 0.717) is 0 Å². The van der Waals surface area contributed by atoms with Crippen LogP contribution >= 0.6 is 27.5 Å². The smallest absolute Gasteiger partial charge is 0.0888 e. The van der Waals surface area contributed by atoms with Gasteiger partial charge in [0.15, 0.2) is 0 Å². The van der Waals surface area contributed by atoms with E-state index in [9.17, 15) is 0 Å². The summed E-state index contributed by atoms with van der Waals surface area (Å²) in [6.07, 6.45) is 3.82. The van der Waals surface area contributed by atoms with Crippen LogP contribution < -0.4 is 5.32 Å². The summed E-state index contributed by atoms with van der Waals surface area (Å²) in [7, 11) is 0. The monoisotopic (exact) mass is 357 g/mol. The summed E-state index contributed by atoms with van der Waals surface area (Å²) in [5.74, 6) is 0. The molecule has 2 aromatic heterocycles. The molecule has 2 heterocycles. The zero-order valence-electron chi connectivity index (χ0n) is 12.1. The van der Waals surface area contributed by atoms with Crippen LogP contribution in [0.2, 0.25) is 0 Å². The van der Waals surface area contributed by atoms with Crippen LogP contribution in [0.4, 0.5) is 0 Å². The first kappa shape index (κ1) is 15.6. The van der Waals surface area contributed by atoms with Crippen molar-refractivity contribution in [2.24, 2.45) is 0 Å². The van der Waals surface area contributed by atoms with Crippen molar-refractivity contribution in [3.63, 3.8) is 0 Å². The summed E-state index contributed by atoms with van der Waals surface area (Å²) < 4.78 is 7.22. The van der Waals surface area contributed by atoms with E-state index in [1.165, 1.54) is 16.4 Å². The van der Waals surface area contributed by atoms with E-state index in [1.807, 2.05) is 6.20 Å². The fraction of sp³-hybridized carbons (Fsp3) is 0.615. The highest BCUT2D eigenvalue weighted by molar-refractivity contribution is 9.10. The molecule has 0 saturated carbocycles. The van der Waals surface area contributed by atoms with Gasteiger partial charge in [0, 0.05) is 6.54 Å². The van der Waals surface area contributed by atoms with Crippen molar-refractivity contribution >= 4 is 27.5 Å². The number of hydrogen-bond donors (Lipinski definition) is 1. The highest BCUT2D eigenvalue weighted by Crippen LogP contribution is 2.32. The van der Waals surface area contributed by atoms with Crippen molar-refractivity contribution < 1.29 is 0 Å². The Hall–Kier alpha value is -0.790. The van der Waals surface area contributed by atoms with Crippen LogP contribution in [-0.4, -0.2) is 25.9 Å². The maximum Gasteiger partial charge on any atom is 0.0888 e. The van der Waals surface area contributed by atoms with Crippen LogP contribution in [-0.2, 0) is 13.0 Å². The molecule has 0 spiro atoms. The quantitative estimate of drug-likeness (QED) is 0.826. The third-order valence-electron chi connectivity index (χ3n) is 3.13. The molecule has 0 amide bonds. The summed E-state index contributed by atoms with van der Waals surface area (Å²) in [5, 5.41) is 12.2. The van der Waals surface area contributed by atoms with Crippen molar-refractivity contribution in [3.8, 4) is 0 Å². The van der Waals surface area contributed by atoms with Crippen LogP contribution in [0.5, 0.6) is 0 Å². The molecule has 0 aromatic carbocycles. The molecule has 0 bridgehead atoms. The first-order valence-electron chi connectivity index (χ1n) is 6.98. The fourth-order valence-electron chi connectivity index (χ4n) is 2.25. The van der Waals surface area contributed by atoms with E-state index in [-0.39, 0.29) is 6.04 Å². The van der Waals surface area contributed by atoms with Gasteiger partial charge < -0.3 is 5.32 Å². The van der Waals surface area contributed by atoms with Crippen molar-refractivity contribution in [2.75, 3.05) is 6.54 Å². The van der Waals surface area contributed by atoms with Crippen LogP contribution in [0.1, 0.15) is 49.5 Å². The molecule has 0 aliphatic heterocycles. The Bertz CT molecular complexity index is 551. The predicted molar refractivity (Wildman–Crippen MR) is 85.0 cm³/mol. The van der Waals surface area contributed by atoms with Crippen molar-refractivity contribution in [3.05, 3.63) is 26.9 Å². The summed E-state index contributed by atoms with van der Waals surface area (Å²) in [5.41, 5.74) is 2.23. The molecule has 0 fully saturated rings. The average molecular weight is 358 g/mol. The van der Waals surface area contributed by atoms with Crippen LogP contribution in [0.3, 0.4) is 0 Å². The molecule has 0 aliphatic carbocycles. The largest absolute Gasteiger partial charge is 0.304 e. The second kappa shape index (κ2) is 7.28. The van der Waals surface area contributed by atoms with Crippen molar-refractivity contribution in [2.45, 2.75) is 46.2 Å². The maximum absolute atomic E-state index is 4.47. The van der Waals surface area contributed by atoms with Gasteiger partial charge in [0.05, 0.1) is 33.0 Å². The summed E-state index contributed by atoms with van der Waals surface area (Å²) >= 11 is 5.10. The number of aromatic nitrogens is 4. The van der Waals surface area contributed by atoms with Crippen molar-refractivity contribution in [1.82, 2.24) is 24.7 Å². The van der Waals surface area contributed by atoms with E-state index < -0.39 is 0 Å². The van der Waals surface area contributed by atoms with Gasteiger partial charge >= 0.3 is 0 Å². The van der Waals surface area contributed by atoms with E-state index in [0.717, 1.165) is 41.8 Å². The van der Waals surface area contributed by atoms with Gasteiger partial charge in [-0.05, 0) is 46.8 Å². The minimum atomic E-state index is 0.0957. The second-order valence-corrected chi connectivity index (χ2v) is 6.17. The number of nitrogens with one attached hydrogen (secondary N) is 1. The Balaban J connectivity index is 2.45. The minimum absolute atomic E-state index is 0.0957. The third kappa shape index (κ3) is 3.10. The molecule has 0 radical (unpaired) electrons. The number of halogens is 1. The zero-order valence-corrected chi connectivity index (χ0v) is 14.5. The predicted octanol–water partition coefficient (Wildman–Crippen LogP) is 3.17. The van der Waals surface area contributed by atoms with Gasteiger partial charge in [0.25, 0.3) is 0 Å². The molecule has 0 aliphatic rings. The molecule has 7 heteroatoms. The second-order valence-electron chi connectivity index (χ2n) is 4.53. The van der Waals surface area contributed by atoms with Crippen LogP contribution in [0.25, 0.3) is 0 Å². The molecular weight excluding hydrogens is 338 g/mol. The lowest BCUT2D eigenvalue weighted by Gasteiger charge is -2.19. The molecule has 20 heavy (non-hydrogen) atoms. The Morgan fingerprint density at radius 2 is 2.20 bits per heavy atom. The minimum Gasteiger partial charge on any atom is -0.304 e. The van der Waals surface area contributed by atoms with Crippen molar-refractivity contribution in [1.29, 1.82) is 0 Å². The van der Waals surface area contributed by atoms with Gasteiger partial charge in [-0.3, -0.25) is 4.68 Å². The van der Waals surface area contributed by atoms with E-state index in [4.69, 9.17) is 0 Å². The Kier molecular flexibility index (Phi) is 5.68. The Labute approximate surface area is 132 Å².